The van der Waals surface area contributed by atoms with Gasteiger partial charge in [-0.25, -0.2) is 0 Å². The molecule has 2 aliphatic heterocycles. The molecular formula is C11H19NO3. The summed E-state index contributed by atoms with van der Waals surface area (Å²) in [6, 6.07) is 0.413. The van der Waals surface area contributed by atoms with Crippen molar-refractivity contribution in [3.8, 4) is 0 Å². The van der Waals surface area contributed by atoms with E-state index in [1.54, 1.807) is 0 Å². The standard InChI is InChI=1S/C11H19NO3/c1-10-6-14-5-3-12(10)7-11(8-13)2-4-15-9-11/h8,10H,2-7,9H2,1H3. The van der Waals surface area contributed by atoms with Crippen molar-refractivity contribution in [2.75, 3.05) is 39.5 Å². The summed E-state index contributed by atoms with van der Waals surface area (Å²) in [7, 11) is 0. The molecule has 0 radical (unpaired) electrons. The van der Waals surface area contributed by atoms with Gasteiger partial charge in [0.15, 0.2) is 0 Å². The number of hydrogen-bond donors (Lipinski definition) is 0. The zero-order valence-corrected chi connectivity index (χ0v) is 9.28. The molecule has 2 aliphatic rings. The zero-order valence-electron chi connectivity index (χ0n) is 9.28. The van der Waals surface area contributed by atoms with Crippen molar-refractivity contribution in [3.05, 3.63) is 0 Å². The van der Waals surface area contributed by atoms with Gasteiger partial charge in [-0.2, -0.15) is 0 Å². The van der Waals surface area contributed by atoms with Crippen LogP contribution in [0.3, 0.4) is 0 Å². The van der Waals surface area contributed by atoms with Crippen molar-refractivity contribution in [3.63, 3.8) is 0 Å². The van der Waals surface area contributed by atoms with E-state index in [-0.39, 0.29) is 5.41 Å². The highest BCUT2D eigenvalue weighted by Gasteiger charge is 2.38. The number of carbonyl (C=O) groups excluding carboxylic acids is 1. The normalized spacial score (nSPS) is 38.1. The van der Waals surface area contributed by atoms with E-state index in [4.69, 9.17) is 9.47 Å². The lowest BCUT2D eigenvalue weighted by Gasteiger charge is -2.37. The Bertz CT molecular complexity index is 226. The fourth-order valence-corrected chi connectivity index (χ4v) is 2.28. The third-order valence-electron chi connectivity index (χ3n) is 3.41. The van der Waals surface area contributed by atoms with Crippen LogP contribution in [0.4, 0.5) is 0 Å². The van der Waals surface area contributed by atoms with Crippen LogP contribution in [0.2, 0.25) is 0 Å². The van der Waals surface area contributed by atoms with E-state index in [0.717, 1.165) is 45.6 Å². The summed E-state index contributed by atoms with van der Waals surface area (Å²) in [4.78, 5) is 13.5. The van der Waals surface area contributed by atoms with Crippen molar-refractivity contribution in [2.45, 2.75) is 19.4 Å². The molecule has 0 aromatic rings. The maximum Gasteiger partial charge on any atom is 0.129 e. The summed E-state index contributed by atoms with van der Waals surface area (Å²) in [5, 5.41) is 0. The second kappa shape index (κ2) is 4.60. The summed E-state index contributed by atoms with van der Waals surface area (Å²) in [6.45, 7) is 6.75. The first kappa shape index (κ1) is 11.0. The molecule has 0 saturated carbocycles. The quantitative estimate of drug-likeness (QED) is 0.633. The second-order valence-electron chi connectivity index (χ2n) is 4.68. The average Bonchev–Trinajstić information content (AvgIpc) is 2.71. The fraction of sp³-hybridized carbons (Fsp3) is 0.909. The lowest BCUT2D eigenvalue weighted by atomic mass is 9.88. The third kappa shape index (κ3) is 2.38. The van der Waals surface area contributed by atoms with Crippen LogP contribution < -0.4 is 0 Å². The molecule has 0 N–H and O–H groups in total. The molecule has 15 heavy (non-hydrogen) atoms. The minimum absolute atomic E-state index is 0.258. The number of nitrogens with zero attached hydrogens (tertiary/aromatic N) is 1. The Morgan fingerprint density at radius 1 is 1.47 bits per heavy atom. The Labute approximate surface area is 90.5 Å². The summed E-state index contributed by atoms with van der Waals surface area (Å²) in [6.07, 6.45) is 1.95. The largest absolute Gasteiger partial charge is 0.380 e. The lowest BCUT2D eigenvalue weighted by molar-refractivity contribution is -0.119. The molecule has 0 aromatic carbocycles. The van der Waals surface area contributed by atoms with Crippen LogP contribution >= 0.6 is 0 Å². The van der Waals surface area contributed by atoms with Gasteiger partial charge in [0.25, 0.3) is 0 Å². The molecule has 2 unspecified atom stereocenters. The SMILES string of the molecule is CC1COCCN1CC1(C=O)CCOC1. The summed E-state index contributed by atoms with van der Waals surface area (Å²) in [5.74, 6) is 0. The van der Waals surface area contributed by atoms with E-state index in [1.165, 1.54) is 0 Å². The Kier molecular flexibility index (Phi) is 3.38. The number of morpholine rings is 1. The highest BCUT2D eigenvalue weighted by atomic mass is 16.5. The highest BCUT2D eigenvalue weighted by Crippen LogP contribution is 2.28. The molecule has 0 bridgehead atoms. The molecule has 2 fully saturated rings. The molecule has 2 rings (SSSR count). The molecule has 0 aliphatic carbocycles. The Morgan fingerprint density at radius 3 is 2.93 bits per heavy atom. The third-order valence-corrected chi connectivity index (χ3v) is 3.41. The molecule has 0 amide bonds. The van der Waals surface area contributed by atoms with Crippen LogP contribution in [0.5, 0.6) is 0 Å². The van der Waals surface area contributed by atoms with Gasteiger partial charge in [0.2, 0.25) is 0 Å². The Morgan fingerprint density at radius 2 is 2.33 bits per heavy atom. The van der Waals surface area contributed by atoms with Crippen molar-refractivity contribution in [2.24, 2.45) is 5.41 Å². The summed E-state index contributed by atoms with van der Waals surface area (Å²) in [5.41, 5.74) is -0.258. The van der Waals surface area contributed by atoms with E-state index in [9.17, 15) is 4.79 Å². The van der Waals surface area contributed by atoms with Gasteiger partial charge in [0.05, 0.1) is 25.2 Å². The van der Waals surface area contributed by atoms with Gasteiger partial charge >= 0.3 is 0 Å². The zero-order chi connectivity index (χ0) is 10.7. The summed E-state index contributed by atoms with van der Waals surface area (Å²) < 4.78 is 10.7. The average molecular weight is 213 g/mol. The molecule has 2 heterocycles. The number of carbonyl (C=O) groups is 1. The second-order valence-corrected chi connectivity index (χ2v) is 4.68. The minimum Gasteiger partial charge on any atom is -0.380 e. The molecule has 86 valence electrons. The Hall–Kier alpha value is -0.450. The molecule has 4 heteroatoms. The maximum absolute atomic E-state index is 11.2. The van der Waals surface area contributed by atoms with E-state index in [1.807, 2.05) is 0 Å². The number of rotatable bonds is 3. The highest BCUT2D eigenvalue weighted by molar-refractivity contribution is 5.60. The maximum atomic E-state index is 11.2. The van der Waals surface area contributed by atoms with Gasteiger partial charge in [-0.3, -0.25) is 4.90 Å². The van der Waals surface area contributed by atoms with E-state index in [2.05, 4.69) is 11.8 Å². The minimum atomic E-state index is -0.258. The first-order valence-electron chi connectivity index (χ1n) is 5.62. The van der Waals surface area contributed by atoms with Crippen LogP contribution in [0.1, 0.15) is 13.3 Å². The van der Waals surface area contributed by atoms with Gasteiger partial charge < -0.3 is 14.3 Å². The monoisotopic (exact) mass is 213 g/mol. The first-order valence-corrected chi connectivity index (χ1v) is 5.62. The van der Waals surface area contributed by atoms with Gasteiger partial charge in [-0.05, 0) is 13.3 Å². The smallest absolute Gasteiger partial charge is 0.129 e. The fourth-order valence-electron chi connectivity index (χ4n) is 2.28. The van der Waals surface area contributed by atoms with Crippen molar-refractivity contribution < 1.29 is 14.3 Å². The predicted molar refractivity (Wildman–Crippen MR) is 55.8 cm³/mol. The van der Waals surface area contributed by atoms with E-state index >= 15 is 0 Å². The summed E-state index contributed by atoms with van der Waals surface area (Å²) >= 11 is 0. The number of hydrogen-bond acceptors (Lipinski definition) is 4. The van der Waals surface area contributed by atoms with Crippen LogP contribution in [-0.4, -0.2) is 56.7 Å². The lowest BCUT2D eigenvalue weighted by Crippen LogP contribution is -2.49. The van der Waals surface area contributed by atoms with Crippen molar-refractivity contribution in [1.29, 1.82) is 0 Å². The van der Waals surface area contributed by atoms with Crippen LogP contribution in [0, 0.1) is 5.41 Å². The van der Waals surface area contributed by atoms with Gasteiger partial charge in [-0.1, -0.05) is 0 Å². The molecule has 4 nitrogen and oxygen atoms in total. The molecule has 2 saturated heterocycles. The molecule has 0 spiro atoms. The molecular weight excluding hydrogens is 194 g/mol. The van der Waals surface area contributed by atoms with Crippen LogP contribution in [-0.2, 0) is 14.3 Å². The predicted octanol–water partition coefficient (Wildman–Crippen LogP) is 0.313. The van der Waals surface area contributed by atoms with Crippen LogP contribution in [0.25, 0.3) is 0 Å². The number of aldehydes is 1. The van der Waals surface area contributed by atoms with Gasteiger partial charge in [-0.15, -0.1) is 0 Å². The van der Waals surface area contributed by atoms with Crippen molar-refractivity contribution >= 4 is 6.29 Å². The first-order chi connectivity index (χ1) is 7.26. The van der Waals surface area contributed by atoms with Gasteiger partial charge in [0, 0.05) is 25.7 Å². The van der Waals surface area contributed by atoms with E-state index in [0.29, 0.717) is 12.6 Å². The van der Waals surface area contributed by atoms with Crippen LogP contribution in [0.15, 0.2) is 0 Å². The van der Waals surface area contributed by atoms with Gasteiger partial charge in [0.1, 0.15) is 6.29 Å². The van der Waals surface area contributed by atoms with Crippen molar-refractivity contribution in [1.82, 2.24) is 4.90 Å². The topological polar surface area (TPSA) is 38.8 Å². The Balaban J connectivity index is 1.96. The van der Waals surface area contributed by atoms with E-state index < -0.39 is 0 Å². The molecule has 0 aromatic heterocycles. The number of ether oxygens (including phenoxy) is 2. The molecule has 2 atom stereocenters.